The number of fused-ring (bicyclic) bond motifs is 3. The van der Waals surface area contributed by atoms with Crippen LogP contribution in [0.25, 0.3) is 6.08 Å². The zero-order chi connectivity index (χ0) is 34.2. The van der Waals surface area contributed by atoms with E-state index in [0.29, 0.717) is 32.5 Å². The molecule has 3 N–H and O–H groups in total. The Morgan fingerprint density at radius 1 is 1.15 bits per heavy atom. The Balaban J connectivity index is 1.24. The standard InChI is InChI=1S/C35H47N5O7S/c1-4-25-18-35(25,33(43)38-48(45,46)27-14-15-27)37-31(41)29-17-26-20-40(29)32(42)30(22(2)3)36-16-9-7-5-6-8-11-23-12-10-13-24-19-39(21-28(23)24)34(44)47-26/h4,8,10-13,22,25-27,29-30,36H,1,5-7,9,14-21H2,2-3H3,(H,37,41)(H,38,43)/b11-8+/t25-,26+,29-,30-,35+/m0/s1. The average molecular weight is 682 g/mol. The molecule has 5 atom stereocenters. The first kappa shape index (κ1) is 34.2. The van der Waals surface area contributed by atoms with Gasteiger partial charge in [0.2, 0.25) is 21.8 Å². The Hall–Kier alpha value is -3.71. The molecular weight excluding hydrogens is 634 g/mol. The topological polar surface area (TPSA) is 154 Å². The fraction of sp³-hybridized carbons (Fsp3) is 0.600. The molecule has 0 unspecified atom stereocenters. The summed E-state index contributed by atoms with van der Waals surface area (Å²) in [6.45, 7) is 9.10. The van der Waals surface area contributed by atoms with Crippen LogP contribution in [0.4, 0.5) is 4.79 Å². The number of hydrogen-bond donors (Lipinski definition) is 3. The molecule has 4 amide bonds. The number of allylic oxidation sites excluding steroid dienone is 1. The van der Waals surface area contributed by atoms with Crippen LogP contribution >= 0.6 is 0 Å². The summed E-state index contributed by atoms with van der Waals surface area (Å²) >= 11 is 0. The number of carbonyl (C=O) groups excluding carboxylic acids is 4. The van der Waals surface area contributed by atoms with E-state index in [9.17, 15) is 27.6 Å². The molecule has 2 saturated carbocycles. The van der Waals surface area contributed by atoms with Crippen LogP contribution in [-0.2, 0) is 42.2 Å². The Kier molecular flexibility index (Phi) is 9.72. The van der Waals surface area contributed by atoms with Crippen LogP contribution in [0.5, 0.6) is 0 Å². The minimum Gasteiger partial charge on any atom is -0.444 e. The lowest BCUT2D eigenvalue weighted by Crippen LogP contribution is -2.58. The molecule has 1 aromatic carbocycles. The summed E-state index contributed by atoms with van der Waals surface area (Å²) in [5.74, 6) is -2.24. The number of hydrogen-bond acceptors (Lipinski definition) is 8. The third-order valence-corrected chi connectivity index (χ3v) is 12.1. The van der Waals surface area contributed by atoms with Crippen molar-refractivity contribution in [3.05, 3.63) is 53.6 Å². The number of benzene rings is 1. The Morgan fingerprint density at radius 3 is 2.65 bits per heavy atom. The molecular formula is C35H47N5O7S. The van der Waals surface area contributed by atoms with Gasteiger partial charge in [-0.15, -0.1) is 6.58 Å². The number of ether oxygens (including phenoxy) is 1. The summed E-state index contributed by atoms with van der Waals surface area (Å²) in [5, 5.41) is 5.60. The van der Waals surface area contributed by atoms with E-state index in [0.717, 1.165) is 42.4 Å². The quantitative estimate of drug-likeness (QED) is 0.372. The van der Waals surface area contributed by atoms with Gasteiger partial charge in [0.25, 0.3) is 5.91 Å². The van der Waals surface area contributed by atoms with Gasteiger partial charge in [-0.1, -0.05) is 56.7 Å². The van der Waals surface area contributed by atoms with E-state index in [1.54, 1.807) is 4.90 Å². The molecule has 13 heteroatoms. The lowest BCUT2D eigenvalue weighted by molar-refractivity contribution is -0.142. The third-order valence-electron chi connectivity index (χ3n) is 10.3. The fourth-order valence-electron chi connectivity index (χ4n) is 7.16. The molecule has 260 valence electrons. The highest BCUT2D eigenvalue weighted by Crippen LogP contribution is 2.45. The van der Waals surface area contributed by atoms with Gasteiger partial charge in [-0.3, -0.25) is 24.0 Å². The zero-order valence-corrected chi connectivity index (χ0v) is 28.6. The predicted molar refractivity (Wildman–Crippen MR) is 179 cm³/mol. The van der Waals surface area contributed by atoms with Crippen molar-refractivity contribution in [2.75, 3.05) is 13.1 Å². The maximum atomic E-state index is 14.2. The van der Waals surface area contributed by atoms with Gasteiger partial charge >= 0.3 is 6.09 Å². The van der Waals surface area contributed by atoms with E-state index in [1.807, 2.05) is 26.0 Å². The van der Waals surface area contributed by atoms with E-state index in [1.165, 1.54) is 11.0 Å². The summed E-state index contributed by atoms with van der Waals surface area (Å²) in [7, 11) is -3.85. The van der Waals surface area contributed by atoms with Crippen molar-refractivity contribution >= 4 is 39.9 Å². The molecule has 0 aromatic heterocycles. The number of nitrogens with zero attached hydrogens (tertiary/aromatic N) is 2. The number of carbonyl (C=O) groups is 4. The first-order valence-corrected chi connectivity index (χ1v) is 18.8. The normalized spacial score (nSPS) is 30.1. The van der Waals surface area contributed by atoms with Gasteiger partial charge < -0.3 is 20.3 Å². The third kappa shape index (κ3) is 7.03. The van der Waals surface area contributed by atoms with Crippen molar-refractivity contribution in [1.82, 2.24) is 25.2 Å². The highest BCUT2D eigenvalue weighted by Gasteiger charge is 2.62. The second-order valence-electron chi connectivity index (χ2n) is 14.2. The molecule has 6 rings (SSSR count). The molecule has 2 aliphatic carbocycles. The maximum absolute atomic E-state index is 14.2. The second-order valence-corrected chi connectivity index (χ2v) is 16.2. The average Bonchev–Trinajstić information content (AvgIpc) is 3.93. The highest BCUT2D eigenvalue weighted by atomic mass is 32.2. The van der Waals surface area contributed by atoms with Gasteiger partial charge in [0, 0.05) is 18.9 Å². The van der Waals surface area contributed by atoms with Gasteiger partial charge in [-0.25, -0.2) is 13.2 Å². The second kappa shape index (κ2) is 13.7. The van der Waals surface area contributed by atoms with Gasteiger partial charge in [0.05, 0.1) is 24.4 Å². The largest absolute Gasteiger partial charge is 0.444 e. The molecule has 3 heterocycles. The number of amides is 4. The number of sulfonamides is 1. The first-order valence-electron chi connectivity index (χ1n) is 17.2. The predicted octanol–water partition coefficient (Wildman–Crippen LogP) is 2.98. The lowest BCUT2D eigenvalue weighted by Gasteiger charge is -2.31. The molecule has 1 aromatic rings. The van der Waals surface area contributed by atoms with Gasteiger partial charge in [0.1, 0.15) is 17.7 Å². The summed E-state index contributed by atoms with van der Waals surface area (Å²) in [4.78, 5) is 58.2. The lowest BCUT2D eigenvalue weighted by atomic mass is 10.0. The summed E-state index contributed by atoms with van der Waals surface area (Å²) < 4.78 is 33.3. The molecule has 5 aliphatic rings. The fourth-order valence-corrected chi connectivity index (χ4v) is 8.53. The molecule has 4 bridgehead atoms. The maximum Gasteiger partial charge on any atom is 0.410 e. The summed E-state index contributed by atoms with van der Waals surface area (Å²) in [5.41, 5.74) is 1.74. The van der Waals surface area contributed by atoms with E-state index < -0.39 is 62.8 Å². The molecule has 3 fully saturated rings. The Bertz CT molecular complexity index is 1610. The summed E-state index contributed by atoms with van der Waals surface area (Å²) in [6, 6.07) is 4.44. The van der Waals surface area contributed by atoms with Crippen molar-refractivity contribution in [3.63, 3.8) is 0 Å². The zero-order valence-electron chi connectivity index (χ0n) is 27.8. The molecule has 12 nitrogen and oxygen atoms in total. The van der Waals surface area contributed by atoms with Crippen LogP contribution < -0.4 is 15.4 Å². The highest BCUT2D eigenvalue weighted by molar-refractivity contribution is 7.91. The number of nitrogens with one attached hydrogen (secondary N) is 3. The van der Waals surface area contributed by atoms with E-state index >= 15 is 0 Å². The Labute approximate surface area is 282 Å². The minimum atomic E-state index is -3.85. The molecule has 0 spiro atoms. The van der Waals surface area contributed by atoms with E-state index in [2.05, 4.69) is 40.2 Å². The van der Waals surface area contributed by atoms with Crippen LogP contribution in [-0.4, -0.2) is 84.1 Å². The molecule has 0 radical (unpaired) electrons. The first-order chi connectivity index (χ1) is 22.9. The van der Waals surface area contributed by atoms with Crippen molar-refractivity contribution in [3.8, 4) is 0 Å². The van der Waals surface area contributed by atoms with Crippen LogP contribution in [0.3, 0.4) is 0 Å². The van der Waals surface area contributed by atoms with Gasteiger partial charge in [-0.2, -0.15) is 0 Å². The molecule has 48 heavy (non-hydrogen) atoms. The van der Waals surface area contributed by atoms with Gasteiger partial charge in [-0.05, 0) is 67.7 Å². The SMILES string of the molecule is C=C[C@H]1C[C@]1(NC(=O)[C@@H]1C[C@@H]2CN1C(=O)[C@H](C(C)C)NCCCCC/C=C/c1cccc3c1CN(C3)C(=O)O2)C(=O)NS(=O)(=O)C1CC1. The van der Waals surface area contributed by atoms with Crippen molar-refractivity contribution in [2.45, 2.75) is 107 Å². The van der Waals surface area contributed by atoms with Crippen LogP contribution in [0.15, 0.2) is 36.9 Å². The van der Waals surface area contributed by atoms with Crippen molar-refractivity contribution in [2.24, 2.45) is 11.8 Å². The van der Waals surface area contributed by atoms with Crippen LogP contribution in [0.1, 0.15) is 81.9 Å². The van der Waals surface area contributed by atoms with Crippen LogP contribution in [0.2, 0.25) is 0 Å². The molecule has 1 saturated heterocycles. The van der Waals surface area contributed by atoms with E-state index in [-0.39, 0.29) is 31.2 Å². The van der Waals surface area contributed by atoms with Gasteiger partial charge in [0.15, 0.2) is 0 Å². The Morgan fingerprint density at radius 2 is 1.94 bits per heavy atom. The van der Waals surface area contributed by atoms with Crippen LogP contribution in [0, 0.1) is 11.8 Å². The van der Waals surface area contributed by atoms with Crippen molar-refractivity contribution < 1.29 is 32.3 Å². The van der Waals surface area contributed by atoms with E-state index in [4.69, 9.17) is 4.74 Å². The monoisotopic (exact) mass is 681 g/mol. The molecule has 3 aliphatic heterocycles. The number of rotatable bonds is 7. The van der Waals surface area contributed by atoms with Crippen molar-refractivity contribution in [1.29, 1.82) is 0 Å². The summed E-state index contributed by atoms with van der Waals surface area (Å²) in [6.07, 6.45) is 9.54. The smallest absolute Gasteiger partial charge is 0.410 e. The minimum absolute atomic E-state index is 0.0163.